The molecule has 1 aliphatic carbocycles. The normalized spacial score (nSPS) is 25.9. The van der Waals surface area contributed by atoms with Crippen molar-refractivity contribution in [2.75, 3.05) is 19.7 Å². The van der Waals surface area contributed by atoms with Crippen LogP contribution >= 0.6 is 0 Å². The lowest BCUT2D eigenvalue weighted by Crippen LogP contribution is -2.45. The molecule has 0 aromatic carbocycles. The van der Waals surface area contributed by atoms with Crippen molar-refractivity contribution in [2.45, 2.75) is 70.3 Å². The van der Waals surface area contributed by atoms with Crippen molar-refractivity contribution >= 4 is 0 Å². The summed E-state index contributed by atoms with van der Waals surface area (Å²) < 4.78 is 45.8. The van der Waals surface area contributed by atoms with Crippen LogP contribution in [0.5, 0.6) is 0 Å². The molecule has 0 unspecified atom stereocenters. The molecular formula is C20H27F3N6O. The van der Waals surface area contributed by atoms with Crippen LogP contribution in [0.15, 0.2) is 12.4 Å². The Hall–Kier alpha value is -2.07. The molecule has 164 valence electrons. The molecule has 1 saturated carbocycles. The van der Waals surface area contributed by atoms with Gasteiger partial charge in [0, 0.05) is 43.5 Å². The van der Waals surface area contributed by atoms with Crippen molar-refractivity contribution in [3.63, 3.8) is 0 Å². The summed E-state index contributed by atoms with van der Waals surface area (Å²) in [6, 6.07) is 0.593. The first-order valence-corrected chi connectivity index (χ1v) is 10.4. The molecule has 2 aromatic heterocycles. The molecular weight excluding hydrogens is 397 g/mol. The second-order valence-electron chi connectivity index (χ2n) is 8.47. The van der Waals surface area contributed by atoms with Gasteiger partial charge in [-0.1, -0.05) is 0 Å². The van der Waals surface area contributed by atoms with E-state index in [2.05, 4.69) is 26.9 Å². The molecule has 10 heteroatoms. The minimum absolute atomic E-state index is 0.0964. The third-order valence-electron chi connectivity index (χ3n) is 5.87. The maximum atomic E-state index is 12.7. The minimum Gasteiger partial charge on any atom is -0.376 e. The third kappa shape index (κ3) is 4.34. The Morgan fingerprint density at radius 2 is 1.90 bits per heavy atom. The van der Waals surface area contributed by atoms with Gasteiger partial charge in [-0.05, 0) is 40.0 Å². The number of ether oxygens (including phenoxy) is 1. The van der Waals surface area contributed by atoms with Crippen molar-refractivity contribution in [2.24, 2.45) is 0 Å². The number of rotatable bonds is 4. The van der Waals surface area contributed by atoms with E-state index in [9.17, 15) is 13.2 Å². The average molecular weight is 424 g/mol. The molecule has 1 saturated heterocycles. The molecule has 1 aliphatic heterocycles. The van der Waals surface area contributed by atoms with Crippen LogP contribution in [-0.2, 0) is 10.9 Å². The highest BCUT2D eigenvalue weighted by Gasteiger charge is 2.36. The summed E-state index contributed by atoms with van der Waals surface area (Å²) in [5.41, 5.74) is 0.389. The van der Waals surface area contributed by atoms with Crippen LogP contribution in [0, 0.1) is 0 Å². The number of aromatic nitrogens is 5. The van der Waals surface area contributed by atoms with Gasteiger partial charge in [-0.3, -0.25) is 4.90 Å². The maximum absolute atomic E-state index is 12.7. The average Bonchev–Trinajstić information content (AvgIpc) is 3.35. The Kier molecular flexibility index (Phi) is 5.80. The molecule has 7 nitrogen and oxygen atoms in total. The van der Waals surface area contributed by atoms with Crippen LogP contribution in [0.2, 0.25) is 0 Å². The molecule has 0 radical (unpaired) electrons. The molecule has 3 heterocycles. The quantitative estimate of drug-likeness (QED) is 0.746. The fraction of sp³-hybridized carbons (Fsp3) is 0.700. The predicted octanol–water partition coefficient (Wildman–Crippen LogP) is 3.69. The Morgan fingerprint density at radius 1 is 1.17 bits per heavy atom. The van der Waals surface area contributed by atoms with Gasteiger partial charge in [-0.15, -0.1) is 0 Å². The van der Waals surface area contributed by atoms with Crippen LogP contribution in [0.4, 0.5) is 13.2 Å². The van der Waals surface area contributed by atoms with Crippen LogP contribution in [0.3, 0.4) is 0 Å². The number of nitrogens with zero attached hydrogens (tertiary/aromatic N) is 6. The smallest absolute Gasteiger partial charge is 0.376 e. The number of hydrogen-bond donors (Lipinski definition) is 0. The van der Waals surface area contributed by atoms with Crippen molar-refractivity contribution in [1.29, 1.82) is 0 Å². The molecule has 2 fully saturated rings. The van der Waals surface area contributed by atoms with Crippen molar-refractivity contribution in [3.8, 4) is 11.4 Å². The van der Waals surface area contributed by atoms with E-state index < -0.39 is 12.0 Å². The van der Waals surface area contributed by atoms with Crippen LogP contribution < -0.4 is 0 Å². The zero-order valence-corrected chi connectivity index (χ0v) is 17.4. The first-order chi connectivity index (χ1) is 14.2. The molecule has 0 spiro atoms. The second-order valence-corrected chi connectivity index (χ2v) is 8.47. The summed E-state index contributed by atoms with van der Waals surface area (Å²) >= 11 is 0. The lowest BCUT2D eigenvalue weighted by atomic mass is 10.1. The Labute approximate surface area is 173 Å². The van der Waals surface area contributed by atoms with Gasteiger partial charge in [0.25, 0.3) is 0 Å². The molecule has 30 heavy (non-hydrogen) atoms. The number of hydrogen-bond acceptors (Lipinski definition) is 6. The summed E-state index contributed by atoms with van der Waals surface area (Å²) in [5.74, 6) is 0.375. The fourth-order valence-electron chi connectivity index (χ4n) is 4.41. The summed E-state index contributed by atoms with van der Waals surface area (Å²) in [4.78, 5) is 14.1. The fourth-order valence-corrected chi connectivity index (χ4v) is 4.41. The van der Waals surface area contributed by atoms with Gasteiger partial charge in [0.15, 0.2) is 5.82 Å². The van der Waals surface area contributed by atoms with Gasteiger partial charge in [0.05, 0.1) is 18.3 Å². The van der Waals surface area contributed by atoms with Gasteiger partial charge in [0.1, 0.15) is 5.82 Å². The van der Waals surface area contributed by atoms with E-state index in [1.807, 2.05) is 18.5 Å². The van der Waals surface area contributed by atoms with Gasteiger partial charge in [0.2, 0.25) is 5.82 Å². The van der Waals surface area contributed by atoms with Crippen molar-refractivity contribution < 1.29 is 17.9 Å². The number of alkyl halides is 3. The van der Waals surface area contributed by atoms with E-state index in [1.165, 1.54) is 0 Å². The summed E-state index contributed by atoms with van der Waals surface area (Å²) in [6.07, 6.45) is 1.10. The highest BCUT2D eigenvalue weighted by molar-refractivity contribution is 5.51. The number of halogens is 3. The SMILES string of the molecule is CC(C)n1nc(-c2cnc(C(F)(F)F)nc2)nc1[C@@H]1CC[C@@H](N2CCO[C@@H](C)C2)C1. The van der Waals surface area contributed by atoms with E-state index in [0.717, 1.165) is 57.2 Å². The Morgan fingerprint density at radius 3 is 2.53 bits per heavy atom. The van der Waals surface area contributed by atoms with Crippen LogP contribution in [-0.4, -0.2) is 61.5 Å². The Bertz CT molecular complexity index is 866. The summed E-state index contributed by atoms with van der Waals surface area (Å²) in [6.45, 7) is 8.83. The molecule has 4 rings (SSSR count). The molecule has 2 aliphatic rings. The lowest BCUT2D eigenvalue weighted by molar-refractivity contribution is -0.144. The standard InChI is InChI=1S/C20H27F3N6O/c1-12(2)29-18(14-4-5-16(8-14)28-6-7-30-13(3)11-28)26-17(27-29)15-9-24-19(25-10-15)20(21,22)23/h9-10,12-14,16H,4-8,11H2,1-3H3/t13-,14+,16+/m0/s1. The van der Waals surface area contributed by atoms with E-state index in [1.54, 1.807) is 0 Å². The van der Waals surface area contributed by atoms with Crippen LogP contribution in [0.1, 0.15) is 63.6 Å². The zero-order valence-electron chi connectivity index (χ0n) is 17.4. The molecule has 3 atom stereocenters. The van der Waals surface area contributed by atoms with E-state index in [4.69, 9.17) is 9.72 Å². The highest BCUT2D eigenvalue weighted by Crippen LogP contribution is 2.38. The molecule has 2 aromatic rings. The third-order valence-corrected chi connectivity index (χ3v) is 5.87. The Balaban J connectivity index is 1.55. The van der Waals surface area contributed by atoms with Gasteiger partial charge < -0.3 is 4.74 Å². The maximum Gasteiger partial charge on any atom is 0.451 e. The highest BCUT2D eigenvalue weighted by atomic mass is 19.4. The molecule has 0 N–H and O–H groups in total. The van der Waals surface area contributed by atoms with Gasteiger partial charge in [-0.25, -0.2) is 19.6 Å². The molecule has 0 amide bonds. The zero-order chi connectivity index (χ0) is 21.5. The van der Waals surface area contributed by atoms with E-state index in [-0.39, 0.29) is 18.1 Å². The van der Waals surface area contributed by atoms with Crippen LogP contribution in [0.25, 0.3) is 11.4 Å². The summed E-state index contributed by atoms with van der Waals surface area (Å²) in [7, 11) is 0. The topological polar surface area (TPSA) is 69.0 Å². The first kappa shape index (κ1) is 21.2. The number of morpholine rings is 1. The minimum atomic E-state index is -4.57. The largest absolute Gasteiger partial charge is 0.451 e. The monoisotopic (exact) mass is 424 g/mol. The first-order valence-electron chi connectivity index (χ1n) is 10.4. The van der Waals surface area contributed by atoms with Crippen molar-refractivity contribution in [3.05, 3.63) is 24.0 Å². The van der Waals surface area contributed by atoms with E-state index >= 15 is 0 Å². The second kappa shape index (κ2) is 8.22. The van der Waals surface area contributed by atoms with Gasteiger partial charge in [-0.2, -0.15) is 18.3 Å². The summed E-state index contributed by atoms with van der Waals surface area (Å²) in [5, 5.41) is 4.58. The molecule has 0 bridgehead atoms. The van der Waals surface area contributed by atoms with Crippen molar-refractivity contribution in [1.82, 2.24) is 29.6 Å². The van der Waals surface area contributed by atoms with E-state index in [0.29, 0.717) is 17.4 Å². The van der Waals surface area contributed by atoms with Gasteiger partial charge >= 0.3 is 6.18 Å². The predicted molar refractivity (Wildman–Crippen MR) is 104 cm³/mol. The lowest BCUT2D eigenvalue weighted by Gasteiger charge is -2.35.